The molecular formula is C15H17BrN2. The van der Waals surface area contributed by atoms with E-state index in [0.717, 1.165) is 23.1 Å². The first-order valence-electron chi connectivity index (χ1n) is 6.18. The van der Waals surface area contributed by atoms with Gasteiger partial charge in [-0.1, -0.05) is 41.1 Å². The Bertz CT molecular complexity index is 468. The smallest absolute Gasteiger partial charge is 0.0422 e. The minimum Gasteiger partial charge on any atom is -0.310 e. The van der Waals surface area contributed by atoms with E-state index in [1.165, 1.54) is 5.56 Å². The maximum Gasteiger partial charge on any atom is 0.0422 e. The van der Waals surface area contributed by atoms with E-state index in [9.17, 15) is 0 Å². The third-order valence-corrected chi connectivity index (χ3v) is 3.39. The normalized spacial score (nSPS) is 12.3. The summed E-state index contributed by atoms with van der Waals surface area (Å²) in [7, 11) is 0. The molecule has 0 saturated carbocycles. The lowest BCUT2D eigenvalue weighted by atomic mass is 10.0. The summed E-state index contributed by atoms with van der Waals surface area (Å²) in [6.45, 7) is 3.08. The van der Waals surface area contributed by atoms with Crippen molar-refractivity contribution in [3.8, 4) is 0 Å². The van der Waals surface area contributed by atoms with Gasteiger partial charge in [0.05, 0.1) is 0 Å². The Kier molecular flexibility index (Phi) is 4.90. The van der Waals surface area contributed by atoms with Crippen LogP contribution in [0.5, 0.6) is 0 Å². The van der Waals surface area contributed by atoms with Crippen LogP contribution in [0.25, 0.3) is 0 Å². The first-order valence-corrected chi connectivity index (χ1v) is 6.97. The van der Waals surface area contributed by atoms with Crippen LogP contribution >= 0.6 is 15.9 Å². The minimum absolute atomic E-state index is 0.318. The van der Waals surface area contributed by atoms with Gasteiger partial charge in [0.1, 0.15) is 0 Å². The molecule has 0 radical (unpaired) electrons. The fourth-order valence-electron chi connectivity index (χ4n) is 1.98. The summed E-state index contributed by atoms with van der Waals surface area (Å²) in [5, 5.41) is 3.51. The number of rotatable bonds is 5. The average Bonchev–Trinajstić information content (AvgIpc) is 2.40. The van der Waals surface area contributed by atoms with Crippen molar-refractivity contribution in [1.82, 2.24) is 10.3 Å². The van der Waals surface area contributed by atoms with Gasteiger partial charge in [-0.2, -0.15) is 0 Å². The zero-order valence-corrected chi connectivity index (χ0v) is 12.0. The van der Waals surface area contributed by atoms with E-state index in [2.05, 4.69) is 63.5 Å². The maximum absolute atomic E-state index is 4.39. The maximum atomic E-state index is 4.39. The summed E-state index contributed by atoms with van der Waals surface area (Å²) in [5.74, 6) is 0. The van der Waals surface area contributed by atoms with Crippen LogP contribution in [-0.4, -0.2) is 11.5 Å². The SMILES string of the molecule is CCNC(Cc1ccccn1)c1ccc(Br)cc1. The zero-order chi connectivity index (χ0) is 12.8. The molecule has 1 atom stereocenters. The average molecular weight is 305 g/mol. The fourth-order valence-corrected chi connectivity index (χ4v) is 2.24. The van der Waals surface area contributed by atoms with Crippen molar-refractivity contribution in [1.29, 1.82) is 0 Å². The Morgan fingerprint density at radius 1 is 1.17 bits per heavy atom. The first-order chi connectivity index (χ1) is 8.79. The molecule has 1 heterocycles. The molecule has 0 spiro atoms. The number of nitrogens with zero attached hydrogens (tertiary/aromatic N) is 1. The van der Waals surface area contributed by atoms with Crippen LogP contribution in [0.3, 0.4) is 0 Å². The molecule has 0 saturated heterocycles. The molecule has 94 valence electrons. The zero-order valence-electron chi connectivity index (χ0n) is 10.4. The quantitative estimate of drug-likeness (QED) is 0.910. The summed E-state index contributed by atoms with van der Waals surface area (Å²) < 4.78 is 1.11. The van der Waals surface area contributed by atoms with Gasteiger partial charge in [0.25, 0.3) is 0 Å². The van der Waals surface area contributed by atoms with Crippen molar-refractivity contribution < 1.29 is 0 Å². The highest BCUT2D eigenvalue weighted by Gasteiger charge is 2.11. The molecule has 0 bridgehead atoms. The highest BCUT2D eigenvalue weighted by molar-refractivity contribution is 9.10. The number of hydrogen-bond acceptors (Lipinski definition) is 2. The molecule has 1 N–H and O–H groups in total. The van der Waals surface area contributed by atoms with Gasteiger partial charge >= 0.3 is 0 Å². The summed E-state index contributed by atoms with van der Waals surface area (Å²) in [6.07, 6.45) is 2.76. The lowest BCUT2D eigenvalue weighted by Crippen LogP contribution is -2.23. The Morgan fingerprint density at radius 2 is 1.94 bits per heavy atom. The van der Waals surface area contributed by atoms with Crippen molar-refractivity contribution in [3.63, 3.8) is 0 Å². The number of nitrogens with one attached hydrogen (secondary N) is 1. The van der Waals surface area contributed by atoms with Crippen molar-refractivity contribution in [2.24, 2.45) is 0 Å². The van der Waals surface area contributed by atoms with Crippen LogP contribution in [0, 0.1) is 0 Å². The third kappa shape index (κ3) is 3.65. The van der Waals surface area contributed by atoms with E-state index in [1.807, 2.05) is 18.3 Å². The lowest BCUT2D eigenvalue weighted by Gasteiger charge is -2.18. The number of likely N-dealkylation sites (N-methyl/N-ethyl adjacent to an activating group) is 1. The summed E-state index contributed by atoms with van der Waals surface area (Å²) in [4.78, 5) is 4.39. The Labute approximate surface area is 117 Å². The summed E-state index contributed by atoms with van der Waals surface area (Å²) >= 11 is 3.47. The van der Waals surface area contributed by atoms with Crippen LogP contribution in [-0.2, 0) is 6.42 Å². The molecule has 0 aliphatic rings. The van der Waals surface area contributed by atoms with Crippen LogP contribution in [0.15, 0.2) is 53.1 Å². The Morgan fingerprint density at radius 3 is 2.56 bits per heavy atom. The topological polar surface area (TPSA) is 24.9 Å². The van der Waals surface area contributed by atoms with Gasteiger partial charge in [0.15, 0.2) is 0 Å². The third-order valence-electron chi connectivity index (χ3n) is 2.86. The van der Waals surface area contributed by atoms with Crippen molar-refractivity contribution in [2.45, 2.75) is 19.4 Å². The number of halogens is 1. The predicted octanol–water partition coefficient (Wildman–Crippen LogP) is 3.74. The van der Waals surface area contributed by atoms with Gasteiger partial charge in [0, 0.05) is 28.8 Å². The summed E-state index contributed by atoms with van der Waals surface area (Å²) in [6, 6.07) is 14.8. The van der Waals surface area contributed by atoms with Crippen LogP contribution in [0.2, 0.25) is 0 Å². The van der Waals surface area contributed by atoms with Gasteiger partial charge in [-0.05, 0) is 36.4 Å². The molecule has 2 nitrogen and oxygen atoms in total. The van der Waals surface area contributed by atoms with E-state index in [0.29, 0.717) is 6.04 Å². The predicted molar refractivity (Wildman–Crippen MR) is 78.5 cm³/mol. The van der Waals surface area contributed by atoms with Crippen LogP contribution < -0.4 is 5.32 Å². The van der Waals surface area contributed by atoms with Gasteiger partial charge in [-0.25, -0.2) is 0 Å². The highest BCUT2D eigenvalue weighted by Crippen LogP contribution is 2.20. The second-order valence-electron chi connectivity index (χ2n) is 4.19. The first kappa shape index (κ1) is 13.2. The molecule has 1 aromatic heterocycles. The van der Waals surface area contributed by atoms with Gasteiger partial charge in [-0.3, -0.25) is 4.98 Å². The summed E-state index contributed by atoms with van der Waals surface area (Å²) in [5.41, 5.74) is 2.41. The second kappa shape index (κ2) is 6.66. The van der Waals surface area contributed by atoms with Gasteiger partial charge in [0.2, 0.25) is 0 Å². The molecule has 1 aromatic carbocycles. The fraction of sp³-hybridized carbons (Fsp3) is 0.267. The van der Waals surface area contributed by atoms with E-state index < -0.39 is 0 Å². The molecule has 1 unspecified atom stereocenters. The number of aromatic nitrogens is 1. The molecule has 2 aromatic rings. The van der Waals surface area contributed by atoms with Crippen LogP contribution in [0.1, 0.15) is 24.2 Å². The highest BCUT2D eigenvalue weighted by atomic mass is 79.9. The van der Waals surface area contributed by atoms with Crippen LogP contribution in [0.4, 0.5) is 0 Å². The number of benzene rings is 1. The van der Waals surface area contributed by atoms with Gasteiger partial charge in [-0.15, -0.1) is 0 Å². The standard InChI is InChI=1S/C15H17BrN2/c1-2-17-15(11-14-5-3-4-10-18-14)12-6-8-13(16)9-7-12/h3-10,15,17H,2,11H2,1H3. The molecule has 18 heavy (non-hydrogen) atoms. The molecular weight excluding hydrogens is 288 g/mol. The molecule has 2 rings (SSSR count). The molecule has 0 aliphatic heterocycles. The largest absolute Gasteiger partial charge is 0.310 e. The second-order valence-corrected chi connectivity index (χ2v) is 5.10. The van der Waals surface area contributed by atoms with E-state index in [4.69, 9.17) is 0 Å². The minimum atomic E-state index is 0.318. The number of hydrogen-bond donors (Lipinski definition) is 1. The Hall–Kier alpha value is -1.19. The number of pyridine rings is 1. The van der Waals surface area contributed by atoms with E-state index in [-0.39, 0.29) is 0 Å². The van der Waals surface area contributed by atoms with Gasteiger partial charge < -0.3 is 5.32 Å². The van der Waals surface area contributed by atoms with Crippen molar-refractivity contribution >= 4 is 15.9 Å². The van der Waals surface area contributed by atoms with E-state index >= 15 is 0 Å². The van der Waals surface area contributed by atoms with Crippen molar-refractivity contribution in [2.75, 3.05) is 6.54 Å². The molecule has 0 fully saturated rings. The molecule has 0 aliphatic carbocycles. The molecule has 3 heteroatoms. The van der Waals surface area contributed by atoms with Crippen molar-refractivity contribution in [3.05, 3.63) is 64.4 Å². The van der Waals surface area contributed by atoms with E-state index in [1.54, 1.807) is 0 Å². The monoisotopic (exact) mass is 304 g/mol. The lowest BCUT2D eigenvalue weighted by molar-refractivity contribution is 0.544. The Balaban J connectivity index is 2.15. The molecule has 0 amide bonds.